The van der Waals surface area contributed by atoms with E-state index in [2.05, 4.69) is 42.5 Å². The zero-order valence-electron chi connectivity index (χ0n) is 11.4. The fourth-order valence-electron chi connectivity index (χ4n) is 1.82. The van der Waals surface area contributed by atoms with Crippen LogP contribution in [0.5, 0.6) is 0 Å². The first-order valence-electron chi connectivity index (χ1n) is 6.41. The van der Waals surface area contributed by atoms with Crippen molar-refractivity contribution in [1.82, 2.24) is 5.32 Å². The van der Waals surface area contributed by atoms with Gasteiger partial charge in [0.1, 0.15) is 0 Å². The average molecular weight is 413 g/mol. The molecular formula is C15H15Br2N3O. The summed E-state index contributed by atoms with van der Waals surface area (Å²) in [7, 11) is 0. The van der Waals surface area contributed by atoms with Crippen LogP contribution in [0, 0.1) is 0 Å². The first-order valence-corrected chi connectivity index (χ1v) is 7.99. The van der Waals surface area contributed by atoms with Crippen LogP contribution in [0.15, 0.2) is 45.3 Å². The number of nitrogens with two attached hydrogens (primary N) is 1. The second-order valence-corrected chi connectivity index (χ2v) is 6.18. The lowest BCUT2D eigenvalue weighted by atomic mass is 10.1. The number of rotatable bonds is 4. The van der Waals surface area contributed by atoms with E-state index < -0.39 is 0 Å². The number of hydrogen-bond acceptors (Lipinski definition) is 3. The van der Waals surface area contributed by atoms with E-state index >= 15 is 0 Å². The Morgan fingerprint density at radius 2 is 1.86 bits per heavy atom. The van der Waals surface area contributed by atoms with Crippen molar-refractivity contribution in [3.05, 3.63) is 50.9 Å². The summed E-state index contributed by atoms with van der Waals surface area (Å²) in [6.07, 6.45) is 0. The van der Waals surface area contributed by atoms with Gasteiger partial charge < -0.3 is 16.4 Å². The molecule has 0 spiro atoms. The van der Waals surface area contributed by atoms with Gasteiger partial charge in [0, 0.05) is 21.1 Å². The number of amides is 1. The highest BCUT2D eigenvalue weighted by molar-refractivity contribution is 9.11. The lowest BCUT2D eigenvalue weighted by Gasteiger charge is -2.12. The van der Waals surface area contributed by atoms with Crippen LogP contribution >= 0.6 is 31.9 Å². The maximum absolute atomic E-state index is 11.8. The highest BCUT2D eigenvalue weighted by Gasteiger charge is 2.08. The standard InChI is InChI=1S/C15H15Br2N3O/c1-2-19-15(21)9-3-5-14(12(18)7-9)20-13-6-4-10(16)8-11(13)17/h3-8,20H,2,18H2,1H3,(H,19,21). The summed E-state index contributed by atoms with van der Waals surface area (Å²) >= 11 is 6.90. The van der Waals surface area contributed by atoms with Crippen LogP contribution < -0.4 is 16.4 Å². The minimum atomic E-state index is -0.124. The Labute approximate surface area is 140 Å². The molecule has 2 rings (SSSR count). The Morgan fingerprint density at radius 1 is 1.14 bits per heavy atom. The molecule has 0 fully saturated rings. The molecule has 110 valence electrons. The SMILES string of the molecule is CCNC(=O)c1ccc(Nc2ccc(Br)cc2Br)c(N)c1. The molecule has 0 saturated heterocycles. The molecule has 0 aliphatic rings. The van der Waals surface area contributed by atoms with Gasteiger partial charge in [0.05, 0.1) is 17.1 Å². The maximum atomic E-state index is 11.8. The fourth-order valence-corrected chi connectivity index (χ4v) is 2.96. The first kappa shape index (κ1) is 15.9. The van der Waals surface area contributed by atoms with Crippen molar-refractivity contribution >= 4 is 54.8 Å². The number of nitrogens with one attached hydrogen (secondary N) is 2. The summed E-state index contributed by atoms with van der Waals surface area (Å²) < 4.78 is 1.91. The Morgan fingerprint density at radius 3 is 2.48 bits per heavy atom. The third-order valence-electron chi connectivity index (χ3n) is 2.85. The molecule has 0 saturated carbocycles. The van der Waals surface area contributed by atoms with Crippen LogP contribution in [0.4, 0.5) is 17.1 Å². The molecule has 0 aromatic heterocycles. The van der Waals surface area contributed by atoms with Gasteiger partial charge >= 0.3 is 0 Å². The molecule has 6 heteroatoms. The van der Waals surface area contributed by atoms with Crippen molar-refractivity contribution in [1.29, 1.82) is 0 Å². The Hall–Kier alpha value is -1.53. The molecule has 21 heavy (non-hydrogen) atoms. The Balaban J connectivity index is 2.23. The third-order valence-corrected chi connectivity index (χ3v) is 4.00. The lowest BCUT2D eigenvalue weighted by Crippen LogP contribution is -2.22. The van der Waals surface area contributed by atoms with E-state index in [0.29, 0.717) is 17.8 Å². The maximum Gasteiger partial charge on any atom is 0.251 e. The number of carbonyl (C=O) groups excluding carboxylic acids is 1. The molecule has 0 radical (unpaired) electrons. The summed E-state index contributed by atoms with van der Waals surface area (Å²) in [4.78, 5) is 11.8. The van der Waals surface area contributed by atoms with Crippen LogP contribution in [0.25, 0.3) is 0 Å². The van der Waals surface area contributed by atoms with E-state index in [4.69, 9.17) is 5.73 Å². The first-order chi connectivity index (χ1) is 10.0. The van der Waals surface area contributed by atoms with E-state index in [9.17, 15) is 4.79 Å². The van der Waals surface area contributed by atoms with Gasteiger partial charge in [0.15, 0.2) is 0 Å². The van der Waals surface area contributed by atoms with Gasteiger partial charge in [0.25, 0.3) is 5.91 Å². The Kier molecular flexibility index (Phi) is 5.25. The molecule has 1 amide bonds. The second kappa shape index (κ2) is 6.95. The summed E-state index contributed by atoms with van der Waals surface area (Å²) in [5.41, 5.74) is 8.74. The molecule has 0 unspecified atom stereocenters. The Bertz CT molecular complexity index is 674. The molecule has 4 nitrogen and oxygen atoms in total. The van der Waals surface area contributed by atoms with Crippen LogP contribution in [-0.4, -0.2) is 12.5 Å². The quantitative estimate of drug-likeness (QED) is 0.656. The zero-order chi connectivity index (χ0) is 15.4. The van der Waals surface area contributed by atoms with E-state index in [1.54, 1.807) is 18.2 Å². The van der Waals surface area contributed by atoms with Crippen LogP contribution in [0.2, 0.25) is 0 Å². The van der Waals surface area contributed by atoms with E-state index in [-0.39, 0.29) is 5.91 Å². The summed E-state index contributed by atoms with van der Waals surface area (Å²) in [5.74, 6) is -0.124. The van der Waals surface area contributed by atoms with Crippen LogP contribution in [-0.2, 0) is 0 Å². The summed E-state index contributed by atoms with van der Waals surface area (Å²) in [6.45, 7) is 2.47. The van der Waals surface area contributed by atoms with E-state index in [1.165, 1.54) is 0 Å². The topological polar surface area (TPSA) is 67.2 Å². The van der Waals surface area contributed by atoms with Crippen LogP contribution in [0.3, 0.4) is 0 Å². The largest absolute Gasteiger partial charge is 0.397 e. The van der Waals surface area contributed by atoms with Gasteiger partial charge in [-0.15, -0.1) is 0 Å². The minimum Gasteiger partial charge on any atom is -0.397 e. The predicted molar refractivity (Wildman–Crippen MR) is 94.0 cm³/mol. The van der Waals surface area contributed by atoms with Crippen LogP contribution in [0.1, 0.15) is 17.3 Å². The molecule has 2 aromatic rings. The third kappa shape index (κ3) is 3.98. The summed E-state index contributed by atoms with van der Waals surface area (Å²) in [6, 6.07) is 11.0. The molecule has 2 aromatic carbocycles. The number of benzene rings is 2. The van der Waals surface area contributed by atoms with Gasteiger partial charge in [-0.25, -0.2) is 0 Å². The molecule has 4 N–H and O–H groups in total. The molecule has 0 aliphatic heterocycles. The van der Waals surface area contributed by atoms with Gasteiger partial charge in [-0.3, -0.25) is 4.79 Å². The summed E-state index contributed by atoms with van der Waals surface area (Å²) in [5, 5.41) is 5.99. The fraction of sp³-hybridized carbons (Fsp3) is 0.133. The normalized spacial score (nSPS) is 10.2. The van der Waals surface area contributed by atoms with Gasteiger partial charge in [-0.1, -0.05) is 15.9 Å². The average Bonchev–Trinajstić information content (AvgIpc) is 2.44. The number of nitrogen functional groups attached to an aromatic ring is 1. The smallest absolute Gasteiger partial charge is 0.251 e. The monoisotopic (exact) mass is 411 g/mol. The highest BCUT2D eigenvalue weighted by Crippen LogP contribution is 2.31. The van der Waals surface area contributed by atoms with Gasteiger partial charge in [-0.05, 0) is 59.3 Å². The molecule has 0 atom stereocenters. The highest BCUT2D eigenvalue weighted by atomic mass is 79.9. The number of hydrogen-bond donors (Lipinski definition) is 3. The van der Waals surface area contributed by atoms with Crippen molar-refractivity contribution in [3.63, 3.8) is 0 Å². The lowest BCUT2D eigenvalue weighted by molar-refractivity contribution is 0.0956. The second-order valence-electron chi connectivity index (χ2n) is 4.41. The number of halogens is 2. The van der Waals surface area contributed by atoms with Gasteiger partial charge in [-0.2, -0.15) is 0 Å². The number of anilines is 3. The van der Waals surface area contributed by atoms with Crippen molar-refractivity contribution in [2.75, 3.05) is 17.6 Å². The van der Waals surface area contributed by atoms with E-state index in [1.807, 2.05) is 25.1 Å². The molecule has 0 bridgehead atoms. The van der Waals surface area contributed by atoms with Gasteiger partial charge in [0.2, 0.25) is 0 Å². The van der Waals surface area contributed by atoms with Crippen molar-refractivity contribution in [3.8, 4) is 0 Å². The van der Waals surface area contributed by atoms with Crippen molar-refractivity contribution in [2.24, 2.45) is 0 Å². The minimum absolute atomic E-state index is 0.124. The zero-order valence-corrected chi connectivity index (χ0v) is 14.6. The molecule has 0 aliphatic carbocycles. The van der Waals surface area contributed by atoms with Crippen molar-refractivity contribution in [2.45, 2.75) is 6.92 Å². The molecular weight excluding hydrogens is 398 g/mol. The van der Waals surface area contributed by atoms with Crippen molar-refractivity contribution < 1.29 is 4.79 Å². The predicted octanol–water partition coefficient (Wildman–Crippen LogP) is 4.29. The number of carbonyl (C=O) groups is 1. The molecule has 0 heterocycles. The van der Waals surface area contributed by atoms with E-state index in [0.717, 1.165) is 20.3 Å².